The maximum Gasteiger partial charge on any atom is 0.255 e. The Morgan fingerprint density at radius 3 is 2.88 bits per heavy atom. The van der Waals surface area contributed by atoms with E-state index in [4.69, 9.17) is 4.98 Å². The van der Waals surface area contributed by atoms with E-state index in [-0.39, 0.29) is 18.1 Å². The topological polar surface area (TPSA) is 112 Å². The minimum atomic E-state index is -0.130. The van der Waals surface area contributed by atoms with Crippen LogP contribution in [0.15, 0.2) is 24.5 Å². The third-order valence-electron chi connectivity index (χ3n) is 7.31. The molecule has 4 heterocycles. The van der Waals surface area contributed by atoms with Gasteiger partial charge in [0.1, 0.15) is 5.82 Å². The first-order chi connectivity index (χ1) is 15.5. The summed E-state index contributed by atoms with van der Waals surface area (Å²) < 4.78 is 1.78. The zero-order valence-electron chi connectivity index (χ0n) is 18.2. The number of aliphatic hydroxyl groups is 1. The standard InChI is InChI=1S/C23H27N7O2/c1-12-14(3-6-20(25-12)29-10-17-18(11-29)22(17)31)8-30-9-15(7-24-30)23(32)26-19-5-4-16-13(2)27-28-21(16)19/h3,6-7,9,17-19,22,31H,4-5,8,10-11H2,1-2H3,(H,26,32)(H,27,28)/t17-,18+,19-,22+/m1/s1. The third kappa shape index (κ3) is 3.19. The molecule has 4 atom stereocenters. The highest BCUT2D eigenvalue weighted by molar-refractivity contribution is 5.94. The summed E-state index contributed by atoms with van der Waals surface area (Å²) in [4.78, 5) is 19.8. The zero-order valence-corrected chi connectivity index (χ0v) is 18.2. The van der Waals surface area contributed by atoms with Crippen molar-refractivity contribution in [1.29, 1.82) is 0 Å². The number of aryl methyl sites for hydroxylation is 2. The zero-order chi connectivity index (χ0) is 22.0. The Morgan fingerprint density at radius 2 is 2.09 bits per heavy atom. The van der Waals surface area contributed by atoms with Gasteiger partial charge in [0.25, 0.3) is 5.91 Å². The molecule has 1 aliphatic heterocycles. The first kappa shape index (κ1) is 19.5. The lowest BCUT2D eigenvalue weighted by Crippen LogP contribution is -2.27. The molecule has 0 aromatic carbocycles. The van der Waals surface area contributed by atoms with Crippen molar-refractivity contribution < 1.29 is 9.90 Å². The van der Waals surface area contributed by atoms with Crippen LogP contribution in [0.1, 0.15) is 51.0 Å². The molecule has 2 aliphatic carbocycles. The normalized spacial score (nSPS) is 25.7. The largest absolute Gasteiger partial charge is 0.392 e. The highest BCUT2D eigenvalue weighted by Crippen LogP contribution is 2.46. The van der Waals surface area contributed by atoms with Crippen LogP contribution in [-0.4, -0.2) is 55.2 Å². The van der Waals surface area contributed by atoms with Gasteiger partial charge in [-0.15, -0.1) is 0 Å². The Morgan fingerprint density at radius 1 is 1.28 bits per heavy atom. The average Bonchev–Trinajstić information content (AvgIpc) is 3.36. The lowest BCUT2D eigenvalue weighted by molar-refractivity contribution is 0.0935. The molecule has 3 N–H and O–H groups in total. The molecular formula is C23H27N7O2. The van der Waals surface area contributed by atoms with Gasteiger partial charge in [-0.3, -0.25) is 14.6 Å². The van der Waals surface area contributed by atoms with Crippen molar-refractivity contribution in [1.82, 2.24) is 30.3 Å². The lowest BCUT2D eigenvalue weighted by atomic mass is 10.2. The number of fused-ring (bicyclic) bond motifs is 2. The van der Waals surface area contributed by atoms with Crippen LogP contribution in [0.3, 0.4) is 0 Å². The molecule has 3 aromatic rings. The maximum atomic E-state index is 12.8. The molecule has 2 fully saturated rings. The first-order valence-corrected chi connectivity index (χ1v) is 11.2. The molecule has 0 unspecified atom stereocenters. The number of hydrogen-bond acceptors (Lipinski definition) is 6. The van der Waals surface area contributed by atoms with Gasteiger partial charge in [-0.05, 0) is 43.9 Å². The number of aromatic amines is 1. The molecule has 1 saturated carbocycles. The number of anilines is 1. The van der Waals surface area contributed by atoms with Crippen LogP contribution in [0.2, 0.25) is 0 Å². The van der Waals surface area contributed by atoms with Gasteiger partial charge in [0, 0.05) is 42.5 Å². The smallest absolute Gasteiger partial charge is 0.255 e. The number of amides is 1. The van der Waals surface area contributed by atoms with Gasteiger partial charge in [-0.1, -0.05) is 6.07 Å². The van der Waals surface area contributed by atoms with Crippen LogP contribution in [0.5, 0.6) is 0 Å². The van der Waals surface area contributed by atoms with Crippen molar-refractivity contribution in [2.24, 2.45) is 11.8 Å². The molecule has 3 aliphatic rings. The maximum absolute atomic E-state index is 12.8. The fourth-order valence-electron chi connectivity index (χ4n) is 5.23. The average molecular weight is 434 g/mol. The number of aromatic nitrogens is 5. The van der Waals surface area contributed by atoms with Crippen molar-refractivity contribution in [2.45, 2.75) is 45.4 Å². The summed E-state index contributed by atoms with van der Waals surface area (Å²) in [6, 6.07) is 4.07. The molecule has 0 spiro atoms. The Bertz CT molecular complexity index is 1190. The van der Waals surface area contributed by atoms with Crippen molar-refractivity contribution in [3.8, 4) is 0 Å². The van der Waals surface area contributed by atoms with E-state index in [1.54, 1.807) is 17.1 Å². The highest BCUT2D eigenvalue weighted by Gasteiger charge is 2.55. The Labute approximate surface area is 185 Å². The summed E-state index contributed by atoms with van der Waals surface area (Å²) in [5.41, 5.74) is 5.83. The van der Waals surface area contributed by atoms with Crippen LogP contribution >= 0.6 is 0 Å². The predicted molar refractivity (Wildman–Crippen MR) is 117 cm³/mol. The van der Waals surface area contributed by atoms with E-state index >= 15 is 0 Å². The fraction of sp³-hybridized carbons (Fsp3) is 0.478. The van der Waals surface area contributed by atoms with Crippen LogP contribution in [0.25, 0.3) is 0 Å². The van der Waals surface area contributed by atoms with Gasteiger partial charge >= 0.3 is 0 Å². The number of pyridine rings is 1. The number of nitrogens with zero attached hydrogens (tertiary/aromatic N) is 5. The number of H-pyrrole nitrogens is 1. The summed E-state index contributed by atoms with van der Waals surface area (Å²) in [6.07, 6.45) is 5.09. The molecule has 6 rings (SSSR count). The fourth-order valence-corrected chi connectivity index (χ4v) is 5.23. The van der Waals surface area contributed by atoms with Gasteiger partial charge in [-0.25, -0.2) is 4.98 Å². The van der Waals surface area contributed by atoms with Gasteiger partial charge < -0.3 is 15.3 Å². The van der Waals surface area contributed by atoms with Crippen molar-refractivity contribution >= 4 is 11.7 Å². The summed E-state index contributed by atoms with van der Waals surface area (Å²) in [5.74, 6) is 1.67. The lowest BCUT2D eigenvalue weighted by Gasteiger charge is -2.21. The molecular weight excluding hydrogens is 406 g/mol. The summed E-state index contributed by atoms with van der Waals surface area (Å²) in [6.45, 7) is 6.35. The van der Waals surface area contributed by atoms with E-state index in [1.807, 2.05) is 19.9 Å². The van der Waals surface area contributed by atoms with Crippen molar-refractivity contribution in [2.75, 3.05) is 18.0 Å². The van der Waals surface area contributed by atoms with Crippen molar-refractivity contribution in [3.63, 3.8) is 0 Å². The van der Waals surface area contributed by atoms with Crippen LogP contribution in [-0.2, 0) is 13.0 Å². The molecule has 9 heteroatoms. The van der Waals surface area contributed by atoms with Gasteiger partial charge in [0.15, 0.2) is 0 Å². The summed E-state index contributed by atoms with van der Waals surface area (Å²) in [7, 11) is 0. The van der Waals surface area contributed by atoms with Gasteiger partial charge in [0.2, 0.25) is 0 Å². The molecule has 1 saturated heterocycles. The molecule has 9 nitrogen and oxygen atoms in total. The predicted octanol–water partition coefficient (Wildman–Crippen LogP) is 1.51. The second-order valence-corrected chi connectivity index (χ2v) is 9.34. The van der Waals surface area contributed by atoms with E-state index in [0.29, 0.717) is 23.9 Å². The number of hydrogen-bond donors (Lipinski definition) is 3. The Balaban J connectivity index is 1.10. The number of piperidine rings is 1. The molecule has 0 radical (unpaired) electrons. The monoisotopic (exact) mass is 433 g/mol. The molecule has 3 aromatic heterocycles. The van der Waals surface area contributed by atoms with E-state index < -0.39 is 0 Å². The quantitative estimate of drug-likeness (QED) is 0.562. The minimum Gasteiger partial charge on any atom is -0.392 e. The van der Waals surface area contributed by atoms with Crippen molar-refractivity contribution in [3.05, 3.63) is 58.3 Å². The number of carbonyl (C=O) groups is 1. The second-order valence-electron chi connectivity index (χ2n) is 9.34. The Kier molecular flexibility index (Phi) is 4.36. The van der Waals surface area contributed by atoms with Crippen LogP contribution in [0, 0.1) is 25.7 Å². The number of carbonyl (C=O) groups excluding carboxylic acids is 1. The Hall–Kier alpha value is -3.20. The first-order valence-electron chi connectivity index (χ1n) is 11.2. The van der Waals surface area contributed by atoms with E-state index in [0.717, 1.165) is 54.4 Å². The molecule has 32 heavy (non-hydrogen) atoms. The van der Waals surface area contributed by atoms with Gasteiger partial charge in [-0.2, -0.15) is 10.2 Å². The number of nitrogens with one attached hydrogen (secondary N) is 2. The molecule has 1 amide bonds. The second kappa shape index (κ2) is 7.16. The molecule has 0 bridgehead atoms. The number of aliphatic hydroxyl groups excluding tert-OH is 1. The van der Waals surface area contributed by atoms with E-state index in [9.17, 15) is 9.90 Å². The number of rotatable bonds is 5. The SMILES string of the molecule is Cc1nc(N2C[C@@H]3[C@@H](O)[C@@H]3C2)ccc1Cn1cc(C(=O)N[C@@H]2CCc3c2n[nH]c3C)cn1. The van der Waals surface area contributed by atoms with E-state index in [1.165, 1.54) is 5.56 Å². The van der Waals surface area contributed by atoms with Crippen LogP contribution < -0.4 is 10.2 Å². The summed E-state index contributed by atoms with van der Waals surface area (Å²) >= 11 is 0. The third-order valence-corrected chi connectivity index (χ3v) is 7.31. The molecule has 166 valence electrons. The van der Waals surface area contributed by atoms with Gasteiger partial charge in [0.05, 0.1) is 36.1 Å². The van der Waals surface area contributed by atoms with E-state index in [2.05, 4.69) is 31.6 Å². The highest BCUT2D eigenvalue weighted by atomic mass is 16.3. The van der Waals surface area contributed by atoms with Crippen LogP contribution in [0.4, 0.5) is 5.82 Å². The minimum absolute atomic E-state index is 0.0532. The summed E-state index contributed by atoms with van der Waals surface area (Å²) in [5, 5.41) is 24.6.